The Balaban J connectivity index is 2.06. The number of amides is 1. The highest BCUT2D eigenvalue weighted by Crippen LogP contribution is 2.40. The van der Waals surface area contributed by atoms with Gasteiger partial charge in [0, 0.05) is 12.1 Å². The number of aliphatic carboxylic acids is 1. The van der Waals surface area contributed by atoms with Gasteiger partial charge in [0.15, 0.2) is 0 Å². The molecule has 2 aromatic rings. The van der Waals surface area contributed by atoms with Gasteiger partial charge in [-0.2, -0.15) is 0 Å². The number of nitrogens with zero attached hydrogens (tertiary/aromatic N) is 1. The van der Waals surface area contributed by atoms with E-state index < -0.39 is 17.9 Å². The molecule has 0 radical (unpaired) electrons. The number of rotatable bonds is 5. The standard InChI is InChI=1S/C20H21NO5/c1-25-15-7-3-13(4-8-15)19-17(20(23)24)11-12-18(22)21(19)14-5-9-16(26-2)10-6-14/h3-10,17,19H,11-12H2,1-2H3,(H,23,24)/t17-,19-/m1/s1. The molecule has 1 fully saturated rings. The molecule has 0 unspecified atom stereocenters. The quantitative estimate of drug-likeness (QED) is 0.891. The first-order chi connectivity index (χ1) is 12.5. The van der Waals surface area contributed by atoms with Crippen LogP contribution in [0.15, 0.2) is 48.5 Å². The van der Waals surface area contributed by atoms with Crippen molar-refractivity contribution >= 4 is 17.6 Å². The van der Waals surface area contributed by atoms with E-state index in [9.17, 15) is 14.7 Å². The largest absolute Gasteiger partial charge is 0.497 e. The average molecular weight is 355 g/mol. The summed E-state index contributed by atoms with van der Waals surface area (Å²) in [6.45, 7) is 0. The minimum atomic E-state index is -0.906. The van der Waals surface area contributed by atoms with Gasteiger partial charge in [-0.1, -0.05) is 12.1 Å². The number of hydrogen-bond donors (Lipinski definition) is 1. The highest BCUT2D eigenvalue weighted by molar-refractivity contribution is 5.96. The van der Waals surface area contributed by atoms with E-state index in [-0.39, 0.29) is 12.3 Å². The highest BCUT2D eigenvalue weighted by atomic mass is 16.5. The number of ether oxygens (including phenoxy) is 2. The van der Waals surface area contributed by atoms with Crippen LogP contribution in [0.2, 0.25) is 0 Å². The van der Waals surface area contributed by atoms with E-state index in [0.717, 1.165) is 5.56 Å². The van der Waals surface area contributed by atoms with Gasteiger partial charge < -0.3 is 19.5 Å². The molecule has 2 atom stereocenters. The van der Waals surface area contributed by atoms with Crippen LogP contribution in [0.4, 0.5) is 5.69 Å². The number of benzene rings is 2. The van der Waals surface area contributed by atoms with E-state index in [1.807, 2.05) is 12.1 Å². The predicted octanol–water partition coefficient (Wildman–Crippen LogP) is 3.27. The van der Waals surface area contributed by atoms with Crippen molar-refractivity contribution in [2.45, 2.75) is 18.9 Å². The first-order valence-electron chi connectivity index (χ1n) is 8.38. The third kappa shape index (κ3) is 3.35. The Morgan fingerprint density at radius 3 is 2.04 bits per heavy atom. The number of carbonyl (C=O) groups excluding carboxylic acids is 1. The number of methoxy groups -OCH3 is 2. The number of carboxylic acids is 1. The second-order valence-electron chi connectivity index (χ2n) is 6.16. The van der Waals surface area contributed by atoms with Crippen molar-refractivity contribution in [1.82, 2.24) is 0 Å². The van der Waals surface area contributed by atoms with Gasteiger partial charge in [-0.3, -0.25) is 9.59 Å². The molecule has 0 bridgehead atoms. The lowest BCUT2D eigenvalue weighted by Gasteiger charge is -2.39. The lowest BCUT2D eigenvalue weighted by molar-refractivity contribution is -0.144. The van der Waals surface area contributed by atoms with Gasteiger partial charge in [0.25, 0.3) is 0 Å². The monoisotopic (exact) mass is 355 g/mol. The van der Waals surface area contributed by atoms with Crippen LogP contribution >= 0.6 is 0 Å². The van der Waals surface area contributed by atoms with Crippen LogP contribution in [-0.4, -0.2) is 31.2 Å². The molecule has 1 aliphatic rings. The molecule has 0 spiro atoms. The first-order valence-corrected chi connectivity index (χ1v) is 8.38. The molecule has 1 aliphatic heterocycles. The summed E-state index contributed by atoms with van der Waals surface area (Å²) in [5.74, 6) is -0.318. The zero-order chi connectivity index (χ0) is 18.7. The van der Waals surface area contributed by atoms with Gasteiger partial charge >= 0.3 is 5.97 Å². The highest BCUT2D eigenvalue weighted by Gasteiger charge is 2.41. The molecule has 0 aliphatic carbocycles. The Hall–Kier alpha value is -3.02. The minimum absolute atomic E-state index is 0.0894. The maximum Gasteiger partial charge on any atom is 0.308 e. The molecule has 0 saturated carbocycles. The van der Waals surface area contributed by atoms with Crippen LogP contribution in [0, 0.1) is 5.92 Å². The van der Waals surface area contributed by atoms with Crippen molar-refractivity contribution in [2.24, 2.45) is 5.92 Å². The summed E-state index contributed by atoms with van der Waals surface area (Å²) in [7, 11) is 3.14. The van der Waals surface area contributed by atoms with Gasteiger partial charge in [0.1, 0.15) is 11.5 Å². The van der Waals surface area contributed by atoms with Crippen molar-refractivity contribution in [1.29, 1.82) is 0 Å². The van der Waals surface area contributed by atoms with Gasteiger partial charge in [-0.25, -0.2) is 0 Å². The zero-order valence-electron chi connectivity index (χ0n) is 14.7. The first kappa shape index (κ1) is 17.8. The number of hydrogen-bond acceptors (Lipinski definition) is 4. The molecular weight excluding hydrogens is 334 g/mol. The van der Waals surface area contributed by atoms with E-state index in [4.69, 9.17) is 9.47 Å². The van der Waals surface area contributed by atoms with Crippen molar-refractivity contribution in [3.05, 3.63) is 54.1 Å². The summed E-state index contributed by atoms with van der Waals surface area (Å²) >= 11 is 0. The van der Waals surface area contributed by atoms with E-state index in [2.05, 4.69) is 0 Å². The molecule has 1 N–H and O–H groups in total. The van der Waals surface area contributed by atoms with Crippen molar-refractivity contribution in [2.75, 3.05) is 19.1 Å². The van der Waals surface area contributed by atoms with Crippen LogP contribution in [0.25, 0.3) is 0 Å². The Labute approximate surface area is 152 Å². The second-order valence-corrected chi connectivity index (χ2v) is 6.16. The summed E-state index contributed by atoms with van der Waals surface area (Å²) in [5, 5.41) is 9.72. The Kier molecular flexibility index (Phi) is 5.11. The normalized spacial score (nSPS) is 19.9. The third-order valence-electron chi connectivity index (χ3n) is 4.72. The van der Waals surface area contributed by atoms with Crippen molar-refractivity contribution in [3.8, 4) is 11.5 Å². The number of carbonyl (C=O) groups is 2. The van der Waals surface area contributed by atoms with E-state index in [1.54, 1.807) is 55.5 Å². The Bertz CT molecular complexity index is 785. The van der Waals surface area contributed by atoms with Gasteiger partial charge in [0.2, 0.25) is 5.91 Å². The fraction of sp³-hybridized carbons (Fsp3) is 0.300. The van der Waals surface area contributed by atoms with Gasteiger partial charge in [0.05, 0.1) is 26.2 Å². The third-order valence-corrected chi connectivity index (χ3v) is 4.72. The second kappa shape index (κ2) is 7.47. The molecule has 136 valence electrons. The molecule has 2 aromatic carbocycles. The molecule has 3 rings (SSSR count). The number of carboxylic acid groups (broad SMARTS) is 1. The molecule has 6 nitrogen and oxygen atoms in total. The van der Waals surface area contributed by atoms with E-state index in [1.165, 1.54) is 0 Å². The van der Waals surface area contributed by atoms with Crippen LogP contribution in [0.1, 0.15) is 24.4 Å². The lowest BCUT2D eigenvalue weighted by Crippen LogP contribution is -2.45. The number of anilines is 1. The Morgan fingerprint density at radius 1 is 1.00 bits per heavy atom. The van der Waals surface area contributed by atoms with E-state index in [0.29, 0.717) is 23.6 Å². The summed E-state index contributed by atoms with van der Waals surface area (Å²) in [6.07, 6.45) is 0.521. The minimum Gasteiger partial charge on any atom is -0.497 e. The molecule has 1 saturated heterocycles. The summed E-state index contributed by atoms with van der Waals surface area (Å²) < 4.78 is 10.3. The lowest BCUT2D eigenvalue weighted by atomic mass is 9.84. The van der Waals surface area contributed by atoms with Gasteiger partial charge in [-0.05, 0) is 48.4 Å². The van der Waals surface area contributed by atoms with Crippen LogP contribution in [0.5, 0.6) is 11.5 Å². The smallest absolute Gasteiger partial charge is 0.308 e. The van der Waals surface area contributed by atoms with E-state index >= 15 is 0 Å². The fourth-order valence-corrected chi connectivity index (χ4v) is 3.38. The SMILES string of the molecule is COc1ccc([C@@H]2[C@H](C(=O)O)CCC(=O)N2c2ccc(OC)cc2)cc1. The molecule has 1 amide bonds. The fourth-order valence-electron chi connectivity index (χ4n) is 3.38. The van der Waals surface area contributed by atoms with Crippen molar-refractivity contribution in [3.63, 3.8) is 0 Å². The zero-order valence-corrected chi connectivity index (χ0v) is 14.7. The Morgan fingerprint density at radius 2 is 1.54 bits per heavy atom. The average Bonchev–Trinajstić information content (AvgIpc) is 2.67. The predicted molar refractivity (Wildman–Crippen MR) is 96.6 cm³/mol. The molecular formula is C20H21NO5. The molecule has 6 heteroatoms. The summed E-state index contributed by atoms with van der Waals surface area (Å²) in [6, 6.07) is 13.7. The van der Waals surface area contributed by atoms with Crippen LogP contribution < -0.4 is 14.4 Å². The molecule has 1 heterocycles. The van der Waals surface area contributed by atoms with Crippen LogP contribution in [-0.2, 0) is 9.59 Å². The molecule has 0 aromatic heterocycles. The van der Waals surface area contributed by atoms with Crippen molar-refractivity contribution < 1.29 is 24.2 Å². The number of piperidine rings is 1. The maximum atomic E-state index is 12.7. The van der Waals surface area contributed by atoms with Gasteiger partial charge in [-0.15, -0.1) is 0 Å². The summed E-state index contributed by atoms with van der Waals surface area (Å²) in [5.41, 5.74) is 1.42. The molecule has 26 heavy (non-hydrogen) atoms. The maximum absolute atomic E-state index is 12.7. The topological polar surface area (TPSA) is 76.1 Å². The van der Waals surface area contributed by atoms with Crippen LogP contribution in [0.3, 0.4) is 0 Å². The summed E-state index contributed by atoms with van der Waals surface area (Å²) in [4.78, 5) is 26.2.